The summed E-state index contributed by atoms with van der Waals surface area (Å²) in [4.78, 5) is 23.6. The number of halogens is 2. The highest BCUT2D eigenvalue weighted by atomic mass is 19.3. The molecule has 1 N–H and O–H groups in total. The number of benzene rings is 1. The first kappa shape index (κ1) is 20.1. The molecule has 1 unspecified atom stereocenters. The summed E-state index contributed by atoms with van der Waals surface area (Å²) in [5, 5.41) is 14.5. The van der Waals surface area contributed by atoms with Gasteiger partial charge in [0.1, 0.15) is 18.3 Å². The van der Waals surface area contributed by atoms with Crippen LogP contribution in [0.3, 0.4) is 0 Å². The van der Waals surface area contributed by atoms with Gasteiger partial charge in [0.25, 0.3) is 5.70 Å². The van der Waals surface area contributed by atoms with Gasteiger partial charge in [-0.1, -0.05) is 30.9 Å². The maximum absolute atomic E-state index is 12.8. The van der Waals surface area contributed by atoms with Crippen molar-refractivity contribution in [3.63, 3.8) is 0 Å². The van der Waals surface area contributed by atoms with E-state index < -0.39 is 23.4 Å². The molecule has 0 saturated carbocycles. The summed E-state index contributed by atoms with van der Waals surface area (Å²) in [6.45, 7) is 3.24. The summed E-state index contributed by atoms with van der Waals surface area (Å²) in [7, 11) is 0. The van der Waals surface area contributed by atoms with Crippen molar-refractivity contribution >= 4 is 5.97 Å². The number of nitro groups is 1. The van der Waals surface area contributed by atoms with Gasteiger partial charge in [-0.3, -0.25) is 10.1 Å². The Bertz CT molecular complexity index is 833. The Morgan fingerprint density at radius 1 is 1.37 bits per heavy atom. The van der Waals surface area contributed by atoms with E-state index in [2.05, 4.69) is 16.6 Å². The minimum Gasteiger partial charge on any atom is -0.458 e. The van der Waals surface area contributed by atoms with Crippen molar-refractivity contribution in [2.45, 2.75) is 26.4 Å². The van der Waals surface area contributed by atoms with Crippen molar-refractivity contribution in [1.29, 1.82) is 0 Å². The average Bonchev–Trinajstić information content (AvgIpc) is 2.58. The summed E-state index contributed by atoms with van der Waals surface area (Å²) in [5.41, 5.74) is 0.171. The number of rotatable bonds is 7. The van der Waals surface area contributed by atoms with E-state index in [9.17, 15) is 23.7 Å². The topological polar surface area (TPSA) is 90.7 Å². The molecule has 2 rings (SSSR count). The minimum atomic E-state index is -3.13. The van der Waals surface area contributed by atoms with Gasteiger partial charge < -0.3 is 14.8 Å². The lowest BCUT2D eigenvalue weighted by molar-refractivity contribution is -0.431. The lowest BCUT2D eigenvalue weighted by Crippen LogP contribution is -2.32. The number of nitrogens with zero attached hydrogens (tertiary/aromatic N) is 1. The number of alkyl halides is 2. The van der Waals surface area contributed by atoms with Gasteiger partial charge in [0.15, 0.2) is 0 Å². The number of carbonyl (C=O) groups excluding carboxylic acids is 1. The minimum absolute atomic E-state index is 0.0560. The smallest absolute Gasteiger partial charge is 0.387 e. The third-order valence-corrected chi connectivity index (χ3v) is 3.92. The number of carbonyl (C=O) groups is 1. The van der Waals surface area contributed by atoms with Crippen LogP contribution in [0.1, 0.15) is 25.3 Å². The monoisotopic (exact) mass is 380 g/mol. The summed E-state index contributed by atoms with van der Waals surface area (Å²) >= 11 is 0. The zero-order valence-corrected chi connectivity index (χ0v) is 14.7. The molecule has 1 heterocycles. The fraction of sp³-hybridized carbons (Fsp3) is 0.278. The second kappa shape index (κ2) is 8.43. The van der Waals surface area contributed by atoms with E-state index in [0.717, 1.165) is 0 Å². The van der Waals surface area contributed by atoms with Gasteiger partial charge in [-0.05, 0) is 19.9 Å². The third kappa shape index (κ3) is 4.30. The normalized spacial score (nSPS) is 16.9. The molecule has 1 aliphatic heterocycles. The first-order valence-corrected chi connectivity index (χ1v) is 7.92. The highest BCUT2D eigenvalue weighted by molar-refractivity contribution is 5.92. The van der Waals surface area contributed by atoms with Crippen molar-refractivity contribution in [3.05, 3.63) is 75.3 Å². The van der Waals surface area contributed by atoms with Gasteiger partial charge in [0.05, 0.1) is 16.2 Å². The molecular weight excluding hydrogens is 362 g/mol. The van der Waals surface area contributed by atoms with Gasteiger partial charge in [-0.25, -0.2) is 4.79 Å². The van der Waals surface area contributed by atoms with Crippen LogP contribution in [-0.2, 0) is 9.53 Å². The highest BCUT2D eigenvalue weighted by Gasteiger charge is 2.42. The molecule has 1 aliphatic rings. The molecule has 0 spiro atoms. The Morgan fingerprint density at radius 3 is 2.63 bits per heavy atom. The molecule has 27 heavy (non-hydrogen) atoms. The summed E-state index contributed by atoms with van der Waals surface area (Å²) < 4.78 is 35.2. The number of hydrogen-bond acceptors (Lipinski definition) is 6. The van der Waals surface area contributed by atoms with Crippen molar-refractivity contribution in [2.75, 3.05) is 6.61 Å². The standard InChI is InChI=1S/C18H18F2N2O5/c1-4-9-26-17(23)14-10(2)21-11(3)16(22(24)25)15(14)12-7-5-6-8-13(12)27-18(19)20/h4-8,15,18,21H,1,9H2,2-3H3. The Morgan fingerprint density at radius 2 is 2.04 bits per heavy atom. The Kier molecular flexibility index (Phi) is 6.27. The maximum Gasteiger partial charge on any atom is 0.387 e. The molecule has 1 aromatic carbocycles. The van der Waals surface area contributed by atoms with E-state index >= 15 is 0 Å². The average molecular weight is 380 g/mol. The van der Waals surface area contributed by atoms with E-state index in [1.807, 2.05) is 0 Å². The van der Waals surface area contributed by atoms with E-state index in [1.165, 1.54) is 37.3 Å². The summed E-state index contributed by atoms with van der Waals surface area (Å²) in [5.74, 6) is -2.31. The molecule has 0 amide bonds. The lowest BCUT2D eigenvalue weighted by Gasteiger charge is -2.27. The zero-order chi connectivity index (χ0) is 20.1. The molecule has 0 aromatic heterocycles. The molecule has 0 fully saturated rings. The predicted octanol–water partition coefficient (Wildman–Crippen LogP) is 3.49. The number of hydrogen-bond donors (Lipinski definition) is 1. The molecule has 9 heteroatoms. The van der Waals surface area contributed by atoms with E-state index in [4.69, 9.17) is 4.74 Å². The van der Waals surface area contributed by atoms with Crippen LogP contribution < -0.4 is 10.1 Å². The Balaban J connectivity index is 2.67. The number of nitrogens with one attached hydrogen (secondary N) is 1. The summed E-state index contributed by atoms with van der Waals surface area (Å²) in [6.07, 6.45) is 1.35. The number of para-hydroxylation sites is 1. The molecule has 0 bridgehead atoms. The van der Waals surface area contributed by atoms with Gasteiger partial charge >= 0.3 is 12.6 Å². The Labute approximate surface area is 154 Å². The Hall–Kier alpha value is -3.23. The van der Waals surface area contributed by atoms with Gasteiger partial charge in [-0.2, -0.15) is 8.78 Å². The highest BCUT2D eigenvalue weighted by Crippen LogP contribution is 2.42. The maximum atomic E-state index is 12.8. The largest absolute Gasteiger partial charge is 0.458 e. The van der Waals surface area contributed by atoms with E-state index in [0.29, 0.717) is 5.70 Å². The van der Waals surface area contributed by atoms with Crippen LogP contribution in [0.4, 0.5) is 8.78 Å². The fourth-order valence-electron chi connectivity index (χ4n) is 2.93. The van der Waals surface area contributed by atoms with Crippen molar-refractivity contribution in [3.8, 4) is 5.75 Å². The van der Waals surface area contributed by atoms with Gasteiger partial charge in [0.2, 0.25) is 0 Å². The van der Waals surface area contributed by atoms with Gasteiger partial charge in [-0.15, -0.1) is 0 Å². The summed E-state index contributed by atoms with van der Waals surface area (Å²) in [6, 6.07) is 5.64. The first-order chi connectivity index (χ1) is 12.8. The van der Waals surface area contributed by atoms with Crippen LogP contribution in [0, 0.1) is 10.1 Å². The second-order valence-corrected chi connectivity index (χ2v) is 5.67. The van der Waals surface area contributed by atoms with Crippen LogP contribution in [0.2, 0.25) is 0 Å². The van der Waals surface area contributed by atoms with E-state index in [1.54, 1.807) is 6.92 Å². The first-order valence-electron chi connectivity index (χ1n) is 7.92. The van der Waals surface area contributed by atoms with Crippen molar-refractivity contribution in [2.24, 2.45) is 0 Å². The second-order valence-electron chi connectivity index (χ2n) is 5.67. The molecular formula is C18H18F2N2O5. The predicted molar refractivity (Wildman–Crippen MR) is 92.5 cm³/mol. The third-order valence-electron chi connectivity index (χ3n) is 3.92. The van der Waals surface area contributed by atoms with E-state index in [-0.39, 0.29) is 34.9 Å². The molecule has 0 radical (unpaired) electrons. The lowest BCUT2D eigenvalue weighted by atomic mass is 9.83. The van der Waals surface area contributed by atoms with Crippen LogP contribution in [0.5, 0.6) is 5.75 Å². The molecule has 144 valence electrons. The number of dihydropyridines is 1. The molecule has 7 nitrogen and oxygen atoms in total. The van der Waals surface area contributed by atoms with Crippen LogP contribution in [0.15, 0.2) is 59.6 Å². The number of esters is 1. The molecule has 0 saturated heterocycles. The fourth-order valence-corrected chi connectivity index (χ4v) is 2.93. The molecule has 1 atom stereocenters. The zero-order valence-electron chi connectivity index (χ0n) is 14.7. The quantitative estimate of drug-likeness (QED) is 0.337. The SMILES string of the molecule is C=CCOC(=O)C1=C(C)NC(C)=C([N+](=O)[O-])C1c1ccccc1OC(F)F. The number of allylic oxidation sites excluding steroid dienone is 3. The van der Waals surface area contributed by atoms with Crippen LogP contribution >= 0.6 is 0 Å². The van der Waals surface area contributed by atoms with Crippen molar-refractivity contribution in [1.82, 2.24) is 5.32 Å². The van der Waals surface area contributed by atoms with Gasteiger partial charge in [0, 0.05) is 11.3 Å². The van der Waals surface area contributed by atoms with Crippen LogP contribution in [-0.4, -0.2) is 24.1 Å². The van der Waals surface area contributed by atoms with Crippen molar-refractivity contribution < 1.29 is 28.0 Å². The molecule has 0 aliphatic carbocycles. The van der Waals surface area contributed by atoms with Crippen LogP contribution in [0.25, 0.3) is 0 Å². The molecule has 1 aromatic rings. The number of ether oxygens (including phenoxy) is 2.